The molecule has 2 saturated carbocycles. The van der Waals surface area contributed by atoms with Crippen LogP contribution < -0.4 is 0 Å². The third kappa shape index (κ3) is 0.905. The largest absolute Gasteiger partial charge is 0.0850 e. The molecule has 0 aromatic carbocycles. The molecule has 0 unspecified atom stereocenters. The van der Waals surface area contributed by atoms with Crippen LogP contribution >= 0.6 is 0 Å². The van der Waals surface area contributed by atoms with Crippen molar-refractivity contribution in [1.29, 1.82) is 0 Å². The van der Waals surface area contributed by atoms with Gasteiger partial charge in [0.05, 0.1) is 0 Å². The van der Waals surface area contributed by atoms with Crippen molar-refractivity contribution < 1.29 is 0 Å². The maximum atomic E-state index is 2.59. The van der Waals surface area contributed by atoms with E-state index in [1.807, 2.05) is 0 Å². The standard InChI is InChI=1S/C15H24/c1-11-6-5-8-14(4)12-7-9-15(11,14)10-13(12,2)3/h6,12H,5,7-10H2,1-4H3/t12-,14-,15+/m0/s1. The smallest absolute Gasteiger partial charge is 0.00289 e. The number of allylic oxidation sites excluding steroid dienone is 2. The molecule has 0 N–H and O–H groups in total. The Morgan fingerprint density at radius 1 is 1.20 bits per heavy atom. The quantitative estimate of drug-likeness (QED) is 0.507. The topological polar surface area (TPSA) is 0 Å². The van der Waals surface area contributed by atoms with Crippen LogP contribution in [-0.2, 0) is 0 Å². The molecule has 0 heteroatoms. The van der Waals surface area contributed by atoms with E-state index in [0.29, 0.717) is 16.2 Å². The van der Waals surface area contributed by atoms with Crippen LogP contribution in [0.3, 0.4) is 0 Å². The van der Waals surface area contributed by atoms with Crippen LogP contribution in [0.15, 0.2) is 11.6 Å². The summed E-state index contributed by atoms with van der Waals surface area (Å²) in [5.74, 6) is 0.980. The summed E-state index contributed by atoms with van der Waals surface area (Å²) in [5, 5.41) is 0. The zero-order valence-corrected chi connectivity index (χ0v) is 10.7. The Morgan fingerprint density at radius 2 is 1.93 bits per heavy atom. The lowest BCUT2D eigenvalue weighted by Crippen LogP contribution is -2.36. The molecule has 3 aliphatic carbocycles. The average molecular weight is 204 g/mol. The molecule has 0 aromatic rings. The van der Waals surface area contributed by atoms with Gasteiger partial charge in [-0.3, -0.25) is 0 Å². The van der Waals surface area contributed by atoms with E-state index in [2.05, 4.69) is 33.8 Å². The lowest BCUT2D eigenvalue weighted by molar-refractivity contribution is 0.114. The lowest BCUT2D eigenvalue weighted by atomic mass is 9.59. The van der Waals surface area contributed by atoms with E-state index in [4.69, 9.17) is 0 Å². The van der Waals surface area contributed by atoms with Gasteiger partial charge in [-0.05, 0) is 61.2 Å². The van der Waals surface area contributed by atoms with Crippen molar-refractivity contribution in [3.63, 3.8) is 0 Å². The fourth-order valence-corrected chi connectivity index (χ4v) is 5.76. The molecule has 0 aliphatic heterocycles. The Labute approximate surface area is 94.1 Å². The van der Waals surface area contributed by atoms with E-state index < -0.39 is 0 Å². The maximum absolute atomic E-state index is 2.59. The molecule has 2 bridgehead atoms. The van der Waals surface area contributed by atoms with Crippen molar-refractivity contribution in [2.75, 3.05) is 0 Å². The number of hydrogen-bond donors (Lipinski definition) is 0. The van der Waals surface area contributed by atoms with Crippen LogP contribution in [0.25, 0.3) is 0 Å². The summed E-state index contributed by atoms with van der Waals surface area (Å²) in [6.45, 7) is 10.0. The van der Waals surface area contributed by atoms with Gasteiger partial charge in [0.1, 0.15) is 0 Å². The average Bonchev–Trinajstić information content (AvgIpc) is 2.50. The van der Waals surface area contributed by atoms with Crippen LogP contribution in [0.4, 0.5) is 0 Å². The molecular formula is C15H24. The van der Waals surface area contributed by atoms with Gasteiger partial charge in [-0.1, -0.05) is 32.4 Å². The summed E-state index contributed by atoms with van der Waals surface area (Å²) in [5.41, 5.74) is 3.55. The molecule has 15 heavy (non-hydrogen) atoms. The first-order valence-electron chi connectivity index (χ1n) is 6.60. The highest BCUT2D eigenvalue weighted by molar-refractivity contribution is 5.31. The number of hydrogen-bond acceptors (Lipinski definition) is 0. The van der Waals surface area contributed by atoms with Crippen LogP contribution in [0, 0.1) is 22.2 Å². The number of rotatable bonds is 0. The summed E-state index contributed by atoms with van der Waals surface area (Å²) >= 11 is 0. The van der Waals surface area contributed by atoms with Crippen LogP contribution in [0.1, 0.15) is 59.8 Å². The van der Waals surface area contributed by atoms with Gasteiger partial charge in [0.15, 0.2) is 0 Å². The molecule has 0 amide bonds. The van der Waals surface area contributed by atoms with Crippen molar-refractivity contribution >= 4 is 0 Å². The fourth-order valence-electron chi connectivity index (χ4n) is 5.76. The molecule has 3 atom stereocenters. The Balaban J connectivity index is 2.17. The highest BCUT2D eigenvalue weighted by Gasteiger charge is 2.68. The van der Waals surface area contributed by atoms with Gasteiger partial charge in [-0.2, -0.15) is 0 Å². The van der Waals surface area contributed by atoms with E-state index in [9.17, 15) is 0 Å². The second kappa shape index (κ2) is 2.52. The Kier molecular flexibility index (Phi) is 1.67. The predicted molar refractivity (Wildman–Crippen MR) is 64.7 cm³/mol. The molecule has 0 saturated heterocycles. The van der Waals surface area contributed by atoms with Crippen molar-refractivity contribution in [1.82, 2.24) is 0 Å². The second-order valence-corrected chi connectivity index (χ2v) is 7.18. The zero-order chi connectivity index (χ0) is 10.9. The lowest BCUT2D eigenvalue weighted by Gasteiger charge is -2.45. The Morgan fingerprint density at radius 3 is 2.53 bits per heavy atom. The van der Waals surface area contributed by atoms with Crippen LogP contribution in [0.2, 0.25) is 0 Å². The van der Waals surface area contributed by atoms with Gasteiger partial charge in [-0.25, -0.2) is 0 Å². The third-order valence-electron chi connectivity index (χ3n) is 6.29. The predicted octanol–water partition coefficient (Wildman–Crippen LogP) is 4.56. The SMILES string of the molecule is CC1=CCC[C@@]2(C)[C@H]3CC[C@@]12CC3(C)C. The second-order valence-electron chi connectivity index (χ2n) is 7.18. The summed E-state index contributed by atoms with van der Waals surface area (Å²) in [4.78, 5) is 0. The van der Waals surface area contributed by atoms with Gasteiger partial charge in [0.25, 0.3) is 0 Å². The molecule has 3 aliphatic rings. The molecule has 0 nitrogen and oxygen atoms in total. The highest BCUT2D eigenvalue weighted by Crippen LogP contribution is 2.76. The first kappa shape index (κ1) is 9.93. The summed E-state index contributed by atoms with van der Waals surface area (Å²) < 4.78 is 0. The normalized spacial score (nSPS) is 51.5. The van der Waals surface area contributed by atoms with Crippen molar-refractivity contribution in [2.45, 2.75) is 59.8 Å². The van der Waals surface area contributed by atoms with Crippen LogP contribution in [0.5, 0.6) is 0 Å². The summed E-state index contributed by atoms with van der Waals surface area (Å²) in [6.07, 6.45) is 9.71. The maximum Gasteiger partial charge on any atom is -0.00289 e. The molecule has 0 spiro atoms. The molecule has 0 aromatic heterocycles. The monoisotopic (exact) mass is 204 g/mol. The van der Waals surface area contributed by atoms with Crippen molar-refractivity contribution in [3.05, 3.63) is 11.6 Å². The van der Waals surface area contributed by atoms with Crippen LogP contribution in [-0.4, -0.2) is 0 Å². The molecule has 2 fully saturated rings. The molecule has 84 valence electrons. The van der Waals surface area contributed by atoms with E-state index in [1.54, 1.807) is 5.57 Å². The van der Waals surface area contributed by atoms with Crippen molar-refractivity contribution in [2.24, 2.45) is 22.2 Å². The minimum Gasteiger partial charge on any atom is -0.0850 e. The first-order valence-corrected chi connectivity index (χ1v) is 6.60. The van der Waals surface area contributed by atoms with E-state index in [-0.39, 0.29) is 0 Å². The highest BCUT2D eigenvalue weighted by atomic mass is 14.7. The van der Waals surface area contributed by atoms with Gasteiger partial charge in [0.2, 0.25) is 0 Å². The van der Waals surface area contributed by atoms with E-state index in [0.717, 1.165) is 5.92 Å². The van der Waals surface area contributed by atoms with Gasteiger partial charge < -0.3 is 0 Å². The molecule has 0 radical (unpaired) electrons. The molecule has 0 heterocycles. The Bertz CT molecular complexity index is 336. The molecular weight excluding hydrogens is 180 g/mol. The van der Waals surface area contributed by atoms with E-state index >= 15 is 0 Å². The first-order chi connectivity index (χ1) is 6.92. The summed E-state index contributed by atoms with van der Waals surface area (Å²) in [6, 6.07) is 0. The van der Waals surface area contributed by atoms with Gasteiger partial charge in [0, 0.05) is 0 Å². The minimum atomic E-state index is 0.590. The van der Waals surface area contributed by atoms with Crippen molar-refractivity contribution in [3.8, 4) is 0 Å². The third-order valence-corrected chi connectivity index (χ3v) is 6.29. The molecule has 3 rings (SSSR count). The van der Waals surface area contributed by atoms with Gasteiger partial charge in [-0.15, -0.1) is 0 Å². The van der Waals surface area contributed by atoms with E-state index in [1.165, 1.54) is 32.1 Å². The fraction of sp³-hybridized carbons (Fsp3) is 0.867. The van der Waals surface area contributed by atoms with Gasteiger partial charge >= 0.3 is 0 Å². The Hall–Kier alpha value is -0.260. The minimum absolute atomic E-state index is 0.590. The zero-order valence-electron chi connectivity index (χ0n) is 10.7. The summed E-state index contributed by atoms with van der Waals surface area (Å²) in [7, 11) is 0.